The Hall–Kier alpha value is -2.36. The normalized spacial score (nSPS) is 15.2. The molecule has 3 rings (SSSR count). The zero-order chi connectivity index (χ0) is 20.8. The second-order valence-electron chi connectivity index (χ2n) is 6.64. The van der Waals surface area contributed by atoms with Gasteiger partial charge in [-0.1, -0.05) is 5.92 Å². The highest BCUT2D eigenvalue weighted by Gasteiger charge is 2.29. The van der Waals surface area contributed by atoms with Crippen molar-refractivity contribution in [1.82, 2.24) is 0 Å². The fraction of sp³-hybridized carbons (Fsp3) is 0.391. The molecule has 1 aliphatic rings. The van der Waals surface area contributed by atoms with Gasteiger partial charge in [0.2, 0.25) is 0 Å². The van der Waals surface area contributed by atoms with Gasteiger partial charge < -0.3 is 24.3 Å². The molecule has 1 aliphatic heterocycles. The number of benzene rings is 2. The van der Waals surface area contributed by atoms with E-state index in [0.717, 1.165) is 34.5 Å². The quantitative estimate of drug-likeness (QED) is 0.612. The van der Waals surface area contributed by atoms with Gasteiger partial charge in [-0.25, -0.2) is 0 Å². The minimum atomic E-state index is 0.125. The molecule has 0 saturated carbocycles. The van der Waals surface area contributed by atoms with Crippen LogP contribution in [0.3, 0.4) is 0 Å². The van der Waals surface area contributed by atoms with Crippen LogP contribution < -0.4 is 24.3 Å². The highest BCUT2D eigenvalue weighted by molar-refractivity contribution is 9.10. The molecule has 0 saturated heterocycles. The minimum absolute atomic E-state index is 0.125. The fourth-order valence-electron chi connectivity index (χ4n) is 3.68. The SMILES string of the molecule is C#CCOc1c(Br)cc([C@H]2[NH2+]CCc3cc(OCC)c(OCC)cc32)cc1OC. The van der Waals surface area contributed by atoms with Gasteiger partial charge in [-0.3, -0.25) is 0 Å². The molecule has 29 heavy (non-hydrogen) atoms. The van der Waals surface area contributed by atoms with Gasteiger partial charge in [-0.15, -0.1) is 6.42 Å². The summed E-state index contributed by atoms with van der Waals surface area (Å²) in [5.41, 5.74) is 3.64. The van der Waals surface area contributed by atoms with Gasteiger partial charge in [0.25, 0.3) is 0 Å². The molecule has 0 aromatic heterocycles. The second kappa shape index (κ2) is 9.91. The van der Waals surface area contributed by atoms with Crippen molar-refractivity contribution in [2.24, 2.45) is 0 Å². The molecule has 1 heterocycles. The molecular weight excluding hydrogens is 434 g/mol. The number of ether oxygens (including phenoxy) is 4. The zero-order valence-electron chi connectivity index (χ0n) is 17.1. The van der Waals surface area contributed by atoms with E-state index in [1.54, 1.807) is 7.11 Å². The summed E-state index contributed by atoms with van der Waals surface area (Å²) in [4.78, 5) is 0. The Bertz CT molecular complexity index is 907. The average molecular weight is 461 g/mol. The molecule has 0 unspecified atom stereocenters. The standard InChI is InChI=1S/C23H26BrNO4/c1-5-10-29-23-18(24)11-16(13-21(23)26-4)22-17-14-20(28-7-3)19(27-6-2)12-15(17)8-9-25-22/h1,11-14,22,25H,6-10H2,2-4H3/p+1/t22-/m1/s1. The maximum absolute atomic E-state index is 5.86. The van der Waals surface area contributed by atoms with Gasteiger partial charge in [0.15, 0.2) is 23.0 Å². The topological polar surface area (TPSA) is 53.5 Å². The molecule has 0 aliphatic carbocycles. The van der Waals surface area contributed by atoms with Crippen molar-refractivity contribution < 1.29 is 24.3 Å². The van der Waals surface area contributed by atoms with E-state index < -0.39 is 0 Å². The number of fused-ring (bicyclic) bond motifs is 1. The van der Waals surface area contributed by atoms with Crippen molar-refractivity contribution in [2.75, 3.05) is 33.5 Å². The van der Waals surface area contributed by atoms with Crippen molar-refractivity contribution in [3.8, 4) is 35.3 Å². The molecular formula is C23H27BrNO4+. The van der Waals surface area contributed by atoms with Crippen LogP contribution in [0, 0.1) is 12.3 Å². The van der Waals surface area contributed by atoms with Gasteiger partial charge in [0.1, 0.15) is 12.6 Å². The lowest BCUT2D eigenvalue weighted by Crippen LogP contribution is -2.87. The number of rotatable bonds is 8. The Morgan fingerprint density at radius 3 is 2.45 bits per heavy atom. The molecule has 0 fully saturated rings. The van der Waals surface area contributed by atoms with Gasteiger partial charge in [0.05, 0.1) is 31.3 Å². The van der Waals surface area contributed by atoms with E-state index in [1.807, 2.05) is 19.9 Å². The van der Waals surface area contributed by atoms with Crippen molar-refractivity contribution >= 4 is 15.9 Å². The van der Waals surface area contributed by atoms with E-state index in [1.165, 1.54) is 11.1 Å². The van der Waals surface area contributed by atoms with Crippen LogP contribution in [0.5, 0.6) is 23.0 Å². The Labute approximate surface area is 180 Å². The smallest absolute Gasteiger partial charge is 0.176 e. The van der Waals surface area contributed by atoms with Crippen LogP contribution in [0.2, 0.25) is 0 Å². The number of methoxy groups -OCH3 is 1. The molecule has 6 heteroatoms. The lowest BCUT2D eigenvalue weighted by molar-refractivity contribution is -0.690. The monoisotopic (exact) mass is 460 g/mol. The first-order valence-electron chi connectivity index (χ1n) is 9.82. The number of hydrogen-bond acceptors (Lipinski definition) is 4. The Kier molecular flexibility index (Phi) is 7.29. The summed E-state index contributed by atoms with van der Waals surface area (Å²) in [6.45, 7) is 6.34. The first-order chi connectivity index (χ1) is 14.1. The largest absolute Gasteiger partial charge is 0.493 e. The lowest BCUT2D eigenvalue weighted by atomic mass is 9.89. The van der Waals surface area contributed by atoms with E-state index in [2.05, 4.69) is 45.4 Å². The third-order valence-electron chi connectivity index (χ3n) is 4.87. The van der Waals surface area contributed by atoms with Crippen LogP contribution in [0.1, 0.15) is 36.6 Å². The first-order valence-corrected chi connectivity index (χ1v) is 10.6. The molecule has 2 aromatic carbocycles. The van der Waals surface area contributed by atoms with Gasteiger partial charge >= 0.3 is 0 Å². The first kappa shape index (κ1) is 21.4. The van der Waals surface area contributed by atoms with Crippen molar-refractivity contribution in [2.45, 2.75) is 26.3 Å². The van der Waals surface area contributed by atoms with Crippen LogP contribution in [0.4, 0.5) is 0 Å². The zero-order valence-corrected chi connectivity index (χ0v) is 18.7. The molecule has 0 radical (unpaired) electrons. The number of quaternary nitrogens is 1. The van der Waals surface area contributed by atoms with Gasteiger partial charge in [-0.05, 0) is 59.6 Å². The van der Waals surface area contributed by atoms with E-state index in [4.69, 9.17) is 25.4 Å². The average Bonchev–Trinajstić information content (AvgIpc) is 2.72. The molecule has 0 spiro atoms. The van der Waals surface area contributed by atoms with Gasteiger partial charge in [0, 0.05) is 17.5 Å². The summed E-state index contributed by atoms with van der Waals surface area (Å²) < 4.78 is 23.7. The molecule has 2 N–H and O–H groups in total. The Morgan fingerprint density at radius 1 is 1.07 bits per heavy atom. The van der Waals surface area contributed by atoms with Crippen molar-refractivity contribution in [3.05, 3.63) is 45.4 Å². The summed E-state index contributed by atoms with van der Waals surface area (Å²) in [5, 5.41) is 2.33. The van der Waals surface area contributed by atoms with Crippen molar-refractivity contribution in [1.29, 1.82) is 0 Å². The van der Waals surface area contributed by atoms with Crippen LogP contribution in [0.15, 0.2) is 28.7 Å². The molecule has 5 nitrogen and oxygen atoms in total. The molecule has 154 valence electrons. The van der Waals surface area contributed by atoms with Crippen LogP contribution in [-0.4, -0.2) is 33.5 Å². The molecule has 2 aromatic rings. The summed E-state index contributed by atoms with van der Waals surface area (Å²) in [6, 6.07) is 8.46. The van der Waals surface area contributed by atoms with Gasteiger partial charge in [-0.2, -0.15) is 0 Å². The van der Waals surface area contributed by atoms with E-state index >= 15 is 0 Å². The van der Waals surface area contributed by atoms with E-state index in [-0.39, 0.29) is 12.6 Å². The van der Waals surface area contributed by atoms with Crippen molar-refractivity contribution in [3.63, 3.8) is 0 Å². The summed E-state index contributed by atoms with van der Waals surface area (Å²) >= 11 is 3.61. The minimum Gasteiger partial charge on any atom is -0.493 e. The third kappa shape index (κ3) is 4.63. The molecule has 0 bridgehead atoms. The maximum Gasteiger partial charge on any atom is 0.176 e. The van der Waals surface area contributed by atoms with Crippen LogP contribution in [-0.2, 0) is 6.42 Å². The summed E-state index contributed by atoms with van der Waals surface area (Å²) in [5.74, 6) is 5.36. The third-order valence-corrected chi connectivity index (χ3v) is 5.46. The molecule has 1 atom stereocenters. The second-order valence-corrected chi connectivity index (χ2v) is 7.50. The highest BCUT2D eigenvalue weighted by atomic mass is 79.9. The number of terminal acetylenes is 1. The number of hydrogen-bond donors (Lipinski definition) is 1. The maximum atomic E-state index is 5.86. The highest BCUT2D eigenvalue weighted by Crippen LogP contribution is 2.41. The lowest BCUT2D eigenvalue weighted by Gasteiger charge is -2.26. The summed E-state index contributed by atoms with van der Waals surface area (Å²) in [6.07, 6.45) is 6.32. The predicted molar refractivity (Wildman–Crippen MR) is 116 cm³/mol. The Morgan fingerprint density at radius 2 is 1.79 bits per heavy atom. The number of nitrogens with two attached hydrogens (primary N) is 1. The van der Waals surface area contributed by atoms with E-state index in [9.17, 15) is 0 Å². The van der Waals surface area contributed by atoms with Crippen LogP contribution >= 0.6 is 15.9 Å². The summed E-state index contributed by atoms with van der Waals surface area (Å²) in [7, 11) is 1.63. The predicted octanol–water partition coefficient (Wildman–Crippen LogP) is 3.48. The Balaban J connectivity index is 2.05. The number of halogens is 1. The molecule has 0 amide bonds. The van der Waals surface area contributed by atoms with Crippen LogP contribution in [0.25, 0.3) is 0 Å². The van der Waals surface area contributed by atoms with E-state index in [0.29, 0.717) is 24.7 Å². The fourth-order valence-corrected chi connectivity index (χ4v) is 4.26.